The first kappa shape index (κ1) is 25.4. The van der Waals surface area contributed by atoms with Crippen molar-refractivity contribution in [3.05, 3.63) is 93.0 Å². The van der Waals surface area contributed by atoms with E-state index in [0.717, 1.165) is 22.3 Å². The fourth-order valence-electron chi connectivity index (χ4n) is 3.11. The molecule has 0 spiro atoms. The summed E-state index contributed by atoms with van der Waals surface area (Å²) < 4.78 is 11.1. The number of nitrogens with one attached hydrogen (secondary N) is 2. The van der Waals surface area contributed by atoms with Crippen LogP contribution in [0.2, 0.25) is 10.0 Å². The summed E-state index contributed by atoms with van der Waals surface area (Å²) >= 11 is 11.9. The van der Waals surface area contributed by atoms with E-state index in [-0.39, 0.29) is 25.0 Å². The Kier molecular flexibility index (Phi) is 9.19. The molecule has 0 heterocycles. The molecule has 3 aromatic rings. The normalized spacial score (nSPS) is 10.5. The number of hydrogen-bond donors (Lipinski definition) is 2. The van der Waals surface area contributed by atoms with E-state index in [1.54, 1.807) is 36.4 Å². The zero-order valence-corrected chi connectivity index (χ0v) is 20.5. The van der Waals surface area contributed by atoms with Crippen molar-refractivity contribution in [1.29, 1.82) is 0 Å². The molecule has 0 aliphatic heterocycles. The molecule has 0 saturated heterocycles. The van der Waals surface area contributed by atoms with E-state index in [4.69, 9.17) is 32.7 Å². The van der Waals surface area contributed by atoms with Crippen molar-refractivity contribution in [3.63, 3.8) is 0 Å². The van der Waals surface area contributed by atoms with Gasteiger partial charge in [0.15, 0.2) is 13.2 Å². The van der Waals surface area contributed by atoms with Crippen LogP contribution < -0.4 is 20.1 Å². The highest BCUT2D eigenvalue weighted by Gasteiger charge is 2.07. The van der Waals surface area contributed by atoms with Crippen molar-refractivity contribution >= 4 is 35.0 Å². The minimum absolute atomic E-state index is 0.0792. The molecule has 0 aromatic heterocycles. The van der Waals surface area contributed by atoms with Gasteiger partial charge in [-0.05, 0) is 72.5 Å². The maximum Gasteiger partial charge on any atom is 0.258 e. The van der Waals surface area contributed by atoms with Gasteiger partial charge in [0.2, 0.25) is 0 Å². The Bertz CT molecular complexity index is 1060. The number of amides is 2. The summed E-state index contributed by atoms with van der Waals surface area (Å²) in [7, 11) is 0. The van der Waals surface area contributed by atoms with Crippen LogP contribution in [0.5, 0.6) is 11.5 Å². The highest BCUT2D eigenvalue weighted by molar-refractivity contribution is 6.31. The van der Waals surface area contributed by atoms with Crippen LogP contribution in [0.25, 0.3) is 0 Å². The van der Waals surface area contributed by atoms with Gasteiger partial charge in [-0.2, -0.15) is 0 Å². The second-order valence-corrected chi connectivity index (χ2v) is 8.64. The SMILES string of the molecule is Cc1cc(Cl)ccc1OCC(=O)NCc1ccc(CNC(=O)COc2ccc(Cl)cc2C)cc1. The average Bonchev–Trinajstić information content (AvgIpc) is 2.81. The monoisotopic (exact) mass is 500 g/mol. The van der Waals surface area contributed by atoms with E-state index in [1.807, 2.05) is 38.1 Å². The quantitative estimate of drug-likeness (QED) is 0.410. The smallest absolute Gasteiger partial charge is 0.258 e. The number of hydrogen-bond acceptors (Lipinski definition) is 4. The lowest BCUT2D eigenvalue weighted by molar-refractivity contribution is -0.124. The molecule has 0 atom stereocenters. The van der Waals surface area contributed by atoms with Gasteiger partial charge in [0.1, 0.15) is 11.5 Å². The van der Waals surface area contributed by atoms with Crippen LogP contribution in [0.3, 0.4) is 0 Å². The van der Waals surface area contributed by atoms with Crippen molar-refractivity contribution in [2.45, 2.75) is 26.9 Å². The molecule has 0 aliphatic rings. The first-order valence-corrected chi connectivity index (χ1v) is 11.4. The molecular weight excluding hydrogens is 475 g/mol. The van der Waals surface area contributed by atoms with E-state index < -0.39 is 0 Å². The lowest BCUT2D eigenvalue weighted by Gasteiger charge is -2.11. The Balaban J connectivity index is 1.37. The van der Waals surface area contributed by atoms with Gasteiger partial charge in [-0.15, -0.1) is 0 Å². The summed E-state index contributed by atoms with van der Waals surface area (Å²) in [4.78, 5) is 24.2. The second kappa shape index (κ2) is 12.3. The molecule has 3 aromatic carbocycles. The van der Waals surface area contributed by atoms with E-state index in [0.29, 0.717) is 34.6 Å². The predicted octanol–water partition coefficient (Wildman–Crippen LogP) is 5.00. The molecule has 0 bridgehead atoms. The zero-order valence-electron chi connectivity index (χ0n) is 19.0. The lowest BCUT2D eigenvalue weighted by Crippen LogP contribution is -2.29. The van der Waals surface area contributed by atoms with E-state index >= 15 is 0 Å². The van der Waals surface area contributed by atoms with Crippen molar-refractivity contribution < 1.29 is 19.1 Å². The van der Waals surface area contributed by atoms with Crippen molar-refractivity contribution in [2.75, 3.05) is 13.2 Å². The van der Waals surface area contributed by atoms with Crippen LogP contribution in [-0.2, 0) is 22.7 Å². The average molecular weight is 501 g/mol. The number of benzene rings is 3. The van der Waals surface area contributed by atoms with Crippen LogP contribution in [0.15, 0.2) is 60.7 Å². The highest BCUT2D eigenvalue weighted by Crippen LogP contribution is 2.22. The molecule has 6 nitrogen and oxygen atoms in total. The molecule has 0 radical (unpaired) electrons. The summed E-state index contributed by atoms with van der Waals surface area (Å²) in [5, 5.41) is 6.90. The zero-order chi connectivity index (χ0) is 24.5. The van der Waals surface area contributed by atoms with Gasteiger partial charge in [-0.3, -0.25) is 9.59 Å². The summed E-state index contributed by atoms with van der Waals surface area (Å²) in [5.74, 6) is 0.808. The van der Waals surface area contributed by atoms with Gasteiger partial charge in [-0.25, -0.2) is 0 Å². The number of ether oxygens (including phenoxy) is 2. The Morgan fingerprint density at radius 2 is 1.06 bits per heavy atom. The Labute approximate surface area is 209 Å². The molecule has 0 saturated carbocycles. The number of halogens is 2. The van der Waals surface area contributed by atoms with E-state index in [1.165, 1.54) is 0 Å². The van der Waals surface area contributed by atoms with Crippen LogP contribution in [0.1, 0.15) is 22.3 Å². The van der Waals surface area contributed by atoms with Crippen molar-refractivity contribution in [2.24, 2.45) is 0 Å². The van der Waals surface area contributed by atoms with Gasteiger partial charge in [0.25, 0.3) is 11.8 Å². The first-order valence-electron chi connectivity index (χ1n) is 10.7. The maximum absolute atomic E-state index is 12.1. The van der Waals surface area contributed by atoms with E-state index in [2.05, 4.69) is 10.6 Å². The van der Waals surface area contributed by atoms with Crippen molar-refractivity contribution in [3.8, 4) is 11.5 Å². The minimum Gasteiger partial charge on any atom is -0.484 e. The van der Waals surface area contributed by atoms with Crippen LogP contribution >= 0.6 is 23.2 Å². The molecule has 8 heteroatoms. The molecule has 0 fully saturated rings. The minimum atomic E-state index is -0.221. The summed E-state index contributed by atoms with van der Waals surface area (Å²) in [6, 6.07) is 18.1. The van der Waals surface area contributed by atoms with Gasteiger partial charge < -0.3 is 20.1 Å². The molecule has 2 amide bonds. The summed E-state index contributed by atoms with van der Waals surface area (Å²) in [6.45, 7) is 4.34. The standard InChI is InChI=1S/C26H26Cl2N2O4/c1-17-11-21(27)7-9-23(17)33-15-25(31)29-13-19-3-5-20(6-4-19)14-30-26(32)16-34-24-10-8-22(28)12-18(24)2/h3-12H,13-16H2,1-2H3,(H,29,31)(H,30,32). The van der Waals surface area contributed by atoms with Crippen molar-refractivity contribution in [1.82, 2.24) is 10.6 Å². The number of rotatable bonds is 10. The largest absolute Gasteiger partial charge is 0.484 e. The second-order valence-electron chi connectivity index (χ2n) is 7.77. The molecule has 0 aliphatic carbocycles. The summed E-state index contributed by atoms with van der Waals surface area (Å²) in [5.41, 5.74) is 3.62. The molecule has 34 heavy (non-hydrogen) atoms. The summed E-state index contributed by atoms with van der Waals surface area (Å²) in [6.07, 6.45) is 0. The third-order valence-electron chi connectivity index (χ3n) is 4.99. The Morgan fingerprint density at radius 1 is 0.676 bits per heavy atom. The van der Waals surface area contributed by atoms with Gasteiger partial charge in [-0.1, -0.05) is 47.5 Å². The maximum atomic E-state index is 12.1. The molecule has 178 valence electrons. The predicted molar refractivity (Wildman–Crippen MR) is 134 cm³/mol. The number of carbonyl (C=O) groups excluding carboxylic acids is 2. The topological polar surface area (TPSA) is 76.7 Å². The van der Waals surface area contributed by atoms with Crippen LogP contribution in [0, 0.1) is 13.8 Å². The first-order chi connectivity index (χ1) is 16.3. The van der Waals surface area contributed by atoms with Gasteiger partial charge in [0.05, 0.1) is 0 Å². The third kappa shape index (κ3) is 7.97. The van der Waals surface area contributed by atoms with Gasteiger partial charge >= 0.3 is 0 Å². The highest BCUT2D eigenvalue weighted by atomic mass is 35.5. The number of carbonyl (C=O) groups is 2. The lowest BCUT2D eigenvalue weighted by atomic mass is 10.1. The Morgan fingerprint density at radius 3 is 1.41 bits per heavy atom. The van der Waals surface area contributed by atoms with Crippen LogP contribution in [-0.4, -0.2) is 25.0 Å². The third-order valence-corrected chi connectivity index (χ3v) is 5.46. The Hall–Kier alpha value is -3.22. The molecule has 2 N–H and O–H groups in total. The van der Waals surface area contributed by atoms with Crippen LogP contribution in [0.4, 0.5) is 0 Å². The van der Waals surface area contributed by atoms with Gasteiger partial charge in [0, 0.05) is 23.1 Å². The fraction of sp³-hybridized carbons (Fsp3) is 0.231. The molecule has 3 rings (SSSR count). The molecule has 0 unspecified atom stereocenters. The molecular formula is C26H26Cl2N2O4. The van der Waals surface area contributed by atoms with E-state index in [9.17, 15) is 9.59 Å². The number of aryl methyl sites for hydroxylation is 2. The fourth-order valence-corrected chi connectivity index (χ4v) is 3.57.